The first-order valence-corrected chi connectivity index (χ1v) is 5.47. The fraction of sp³-hybridized carbons (Fsp3) is 0.556. The Bertz CT molecular complexity index is 367. The minimum Gasteiger partial charge on any atom is -0.383 e. The number of hydrogen-bond acceptors (Lipinski definition) is 4. The molecule has 0 bridgehead atoms. The molecule has 84 valence electrons. The third-order valence-electron chi connectivity index (χ3n) is 2.02. The molecule has 0 aliphatic carbocycles. The zero-order valence-electron chi connectivity index (χ0n) is 8.71. The highest BCUT2D eigenvalue weighted by Crippen LogP contribution is 2.17. The average Bonchev–Trinajstić information content (AvgIpc) is 2.24. The zero-order valence-corrected chi connectivity index (χ0v) is 10.3. The molecule has 0 radical (unpaired) electrons. The molecule has 1 aromatic heterocycles. The summed E-state index contributed by atoms with van der Waals surface area (Å²) in [5, 5.41) is 9.25. The van der Waals surface area contributed by atoms with Crippen molar-refractivity contribution in [2.24, 2.45) is 0 Å². The quantitative estimate of drug-likeness (QED) is 0.852. The van der Waals surface area contributed by atoms with Crippen molar-refractivity contribution in [3.8, 4) is 0 Å². The van der Waals surface area contributed by atoms with Crippen LogP contribution in [0, 0.1) is 0 Å². The zero-order chi connectivity index (χ0) is 11.3. The van der Waals surface area contributed by atoms with Gasteiger partial charge in [0.05, 0.1) is 18.5 Å². The summed E-state index contributed by atoms with van der Waals surface area (Å²) in [4.78, 5) is 11.2. The average molecular weight is 276 g/mol. The molecule has 0 aliphatic heterocycles. The summed E-state index contributed by atoms with van der Waals surface area (Å²) in [6, 6.07) is 0.176. The number of ether oxygens (including phenoxy) is 1. The molecule has 0 saturated heterocycles. The van der Waals surface area contributed by atoms with E-state index >= 15 is 0 Å². The number of aromatic nitrogens is 2. The highest BCUT2D eigenvalue weighted by Gasteiger charge is 2.09. The lowest BCUT2D eigenvalue weighted by Crippen LogP contribution is -2.25. The third-order valence-corrected chi connectivity index (χ3v) is 2.80. The van der Waals surface area contributed by atoms with Crippen LogP contribution in [0.4, 0.5) is 5.69 Å². The van der Waals surface area contributed by atoms with Gasteiger partial charge in [0.15, 0.2) is 0 Å². The fourth-order valence-corrected chi connectivity index (χ4v) is 1.47. The van der Waals surface area contributed by atoms with E-state index in [0.717, 1.165) is 6.42 Å². The van der Waals surface area contributed by atoms with E-state index in [-0.39, 0.29) is 11.6 Å². The number of nitrogens with zero attached hydrogens (tertiary/aromatic N) is 1. The normalized spacial score (nSPS) is 12.5. The van der Waals surface area contributed by atoms with E-state index in [0.29, 0.717) is 16.8 Å². The van der Waals surface area contributed by atoms with E-state index in [1.807, 2.05) is 6.92 Å². The Kier molecular flexibility index (Phi) is 4.77. The summed E-state index contributed by atoms with van der Waals surface area (Å²) < 4.78 is 5.52. The summed E-state index contributed by atoms with van der Waals surface area (Å²) in [5.74, 6) is 0. The number of halogens is 1. The van der Waals surface area contributed by atoms with Gasteiger partial charge < -0.3 is 10.1 Å². The van der Waals surface area contributed by atoms with Crippen molar-refractivity contribution in [2.75, 3.05) is 19.0 Å². The van der Waals surface area contributed by atoms with Gasteiger partial charge in [0.1, 0.15) is 4.47 Å². The maximum Gasteiger partial charge on any atom is 0.280 e. The number of hydrogen-bond donors (Lipinski definition) is 2. The minimum absolute atomic E-state index is 0.176. The van der Waals surface area contributed by atoms with Gasteiger partial charge in [0.25, 0.3) is 5.56 Å². The van der Waals surface area contributed by atoms with Gasteiger partial charge in [-0.25, -0.2) is 5.10 Å². The van der Waals surface area contributed by atoms with Crippen molar-refractivity contribution in [3.05, 3.63) is 21.0 Å². The highest BCUT2D eigenvalue weighted by atomic mass is 79.9. The predicted octanol–water partition coefficient (Wildman–Crippen LogP) is 1.37. The molecule has 0 saturated carbocycles. The second kappa shape index (κ2) is 5.87. The lowest BCUT2D eigenvalue weighted by atomic mass is 10.2. The van der Waals surface area contributed by atoms with Gasteiger partial charge in [-0.15, -0.1) is 0 Å². The van der Waals surface area contributed by atoms with Crippen LogP contribution < -0.4 is 10.9 Å². The molecule has 0 fully saturated rings. The Morgan fingerprint density at radius 2 is 2.47 bits per heavy atom. The van der Waals surface area contributed by atoms with E-state index in [9.17, 15) is 4.79 Å². The summed E-state index contributed by atoms with van der Waals surface area (Å²) >= 11 is 3.20. The molecule has 0 amide bonds. The Morgan fingerprint density at radius 3 is 3.07 bits per heavy atom. The van der Waals surface area contributed by atoms with Crippen LogP contribution in [0.25, 0.3) is 0 Å². The third kappa shape index (κ3) is 3.32. The summed E-state index contributed by atoms with van der Waals surface area (Å²) in [6.45, 7) is 2.64. The molecule has 2 N–H and O–H groups in total. The first-order valence-electron chi connectivity index (χ1n) is 4.67. The van der Waals surface area contributed by atoms with Crippen LogP contribution in [-0.2, 0) is 4.74 Å². The van der Waals surface area contributed by atoms with Crippen molar-refractivity contribution in [3.63, 3.8) is 0 Å². The van der Waals surface area contributed by atoms with E-state index in [2.05, 4.69) is 31.4 Å². The molecule has 1 unspecified atom stereocenters. The van der Waals surface area contributed by atoms with Crippen LogP contribution in [0.3, 0.4) is 0 Å². The monoisotopic (exact) mass is 275 g/mol. The van der Waals surface area contributed by atoms with Crippen molar-refractivity contribution in [2.45, 2.75) is 19.4 Å². The number of H-pyrrole nitrogens is 1. The lowest BCUT2D eigenvalue weighted by molar-refractivity contribution is 0.184. The van der Waals surface area contributed by atoms with Crippen LogP contribution in [0.2, 0.25) is 0 Å². The predicted molar refractivity (Wildman–Crippen MR) is 62.1 cm³/mol. The molecule has 0 spiro atoms. The SMILES string of the molecule is CCC(COC)Nc1cn[nH]c(=O)c1Br. The van der Waals surface area contributed by atoms with Crippen LogP contribution in [0.15, 0.2) is 15.5 Å². The van der Waals surface area contributed by atoms with Gasteiger partial charge in [-0.3, -0.25) is 4.79 Å². The molecule has 0 aromatic carbocycles. The van der Waals surface area contributed by atoms with Crippen LogP contribution >= 0.6 is 15.9 Å². The molecule has 6 heteroatoms. The Hall–Kier alpha value is -0.880. The molecule has 1 rings (SSSR count). The number of nitrogens with one attached hydrogen (secondary N) is 2. The number of rotatable bonds is 5. The van der Waals surface area contributed by atoms with Crippen molar-refractivity contribution in [1.29, 1.82) is 0 Å². The smallest absolute Gasteiger partial charge is 0.280 e. The summed E-state index contributed by atoms with van der Waals surface area (Å²) in [6.07, 6.45) is 2.48. The van der Waals surface area contributed by atoms with Gasteiger partial charge in [-0.1, -0.05) is 6.92 Å². The first kappa shape index (κ1) is 12.2. The first-order chi connectivity index (χ1) is 7.19. The van der Waals surface area contributed by atoms with Gasteiger partial charge >= 0.3 is 0 Å². The summed E-state index contributed by atoms with van der Waals surface area (Å²) in [5.41, 5.74) is 0.440. The number of aromatic amines is 1. The highest BCUT2D eigenvalue weighted by molar-refractivity contribution is 9.10. The number of anilines is 1. The second-order valence-electron chi connectivity index (χ2n) is 3.13. The van der Waals surface area contributed by atoms with Gasteiger partial charge in [-0.2, -0.15) is 5.10 Å². The Labute approximate surface area is 96.4 Å². The standard InChI is InChI=1S/C9H14BrN3O2/c1-3-6(5-15-2)12-7-4-11-13-9(14)8(7)10/h4,6H,3,5H2,1-2H3,(H2,12,13,14). The van der Waals surface area contributed by atoms with Gasteiger partial charge in [0.2, 0.25) is 0 Å². The number of methoxy groups -OCH3 is 1. The van der Waals surface area contributed by atoms with E-state index in [1.165, 1.54) is 0 Å². The van der Waals surface area contributed by atoms with Crippen LogP contribution in [0.5, 0.6) is 0 Å². The fourth-order valence-electron chi connectivity index (χ4n) is 1.17. The van der Waals surface area contributed by atoms with Crippen LogP contribution in [0.1, 0.15) is 13.3 Å². The van der Waals surface area contributed by atoms with E-state index < -0.39 is 0 Å². The van der Waals surface area contributed by atoms with Gasteiger partial charge in [0, 0.05) is 13.2 Å². The lowest BCUT2D eigenvalue weighted by Gasteiger charge is -2.17. The molecular formula is C9H14BrN3O2. The Balaban J connectivity index is 2.79. The van der Waals surface area contributed by atoms with Crippen molar-refractivity contribution >= 4 is 21.6 Å². The van der Waals surface area contributed by atoms with Crippen molar-refractivity contribution < 1.29 is 4.74 Å². The maximum atomic E-state index is 11.2. The molecule has 1 heterocycles. The van der Waals surface area contributed by atoms with Gasteiger partial charge in [-0.05, 0) is 22.4 Å². The largest absolute Gasteiger partial charge is 0.383 e. The molecule has 1 atom stereocenters. The van der Waals surface area contributed by atoms with E-state index in [1.54, 1.807) is 13.3 Å². The molecule has 1 aromatic rings. The van der Waals surface area contributed by atoms with E-state index in [4.69, 9.17) is 4.74 Å². The topological polar surface area (TPSA) is 67.0 Å². The minimum atomic E-state index is -0.243. The Morgan fingerprint density at radius 1 is 1.73 bits per heavy atom. The molecule has 0 aliphatic rings. The second-order valence-corrected chi connectivity index (χ2v) is 3.92. The molecule has 5 nitrogen and oxygen atoms in total. The molecule has 15 heavy (non-hydrogen) atoms. The maximum absolute atomic E-state index is 11.2. The van der Waals surface area contributed by atoms with Crippen molar-refractivity contribution in [1.82, 2.24) is 10.2 Å². The molecular weight excluding hydrogens is 262 g/mol. The summed E-state index contributed by atoms with van der Waals surface area (Å²) in [7, 11) is 1.65. The van der Waals surface area contributed by atoms with Crippen LogP contribution in [-0.4, -0.2) is 30.0 Å².